The van der Waals surface area contributed by atoms with Gasteiger partial charge in [0.05, 0.1) is 12.7 Å². The summed E-state index contributed by atoms with van der Waals surface area (Å²) >= 11 is 0. The molecule has 0 aromatic rings. The summed E-state index contributed by atoms with van der Waals surface area (Å²) < 4.78 is 6.87. The highest BCUT2D eigenvalue weighted by atomic mass is 28.4. The van der Waals surface area contributed by atoms with Gasteiger partial charge in [-0.1, -0.05) is 53.3 Å². The molecule has 0 aliphatic carbocycles. The zero-order valence-corrected chi connectivity index (χ0v) is 23.5. The van der Waals surface area contributed by atoms with E-state index >= 15 is 0 Å². The maximum Gasteiger partial charge on any atom is 0.246 e. The summed E-state index contributed by atoms with van der Waals surface area (Å²) in [7, 11) is -3.73. The highest BCUT2D eigenvalue weighted by Gasteiger charge is 2.46. The van der Waals surface area contributed by atoms with Crippen molar-refractivity contribution in [1.29, 1.82) is 0 Å². The molecule has 0 fully saturated rings. The number of carbonyl (C=O) groups excluding carboxylic acids is 1. The van der Waals surface area contributed by atoms with Crippen LogP contribution in [0.3, 0.4) is 0 Å². The SMILES string of the molecule is C=CC(=O)N(CCCC(C)(CC)[Si](C)(C)OC(C)[Si](C)(C)NCCCC)CC(O)CO. The Kier molecular flexibility index (Phi) is 13.7. The van der Waals surface area contributed by atoms with Crippen LogP contribution < -0.4 is 4.98 Å². The van der Waals surface area contributed by atoms with Crippen molar-refractivity contribution in [3.8, 4) is 0 Å². The highest BCUT2D eigenvalue weighted by molar-refractivity contribution is 6.79. The van der Waals surface area contributed by atoms with Gasteiger partial charge in [-0.2, -0.15) is 0 Å². The first-order valence-corrected chi connectivity index (χ1v) is 17.9. The van der Waals surface area contributed by atoms with Crippen LogP contribution in [0.25, 0.3) is 0 Å². The van der Waals surface area contributed by atoms with Crippen molar-refractivity contribution in [1.82, 2.24) is 9.88 Å². The second kappa shape index (κ2) is 13.9. The third-order valence-corrected chi connectivity index (χ3v) is 15.1. The van der Waals surface area contributed by atoms with Crippen LogP contribution in [0.5, 0.6) is 0 Å². The predicted octanol–water partition coefficient (Wildman–Crippen LogP) is 4.05. The van der Waals surface area contributed by atoms with E-state index in [1.807, 2.05) is 0 Å². The lowest BCUT2D eigenvalue weighted by Crippen LogP contribution is -2.59. The normalized spacial score (nSPS) is 16.5. The van der Waals surface area contributed by atoms with Gasteiger partial charge < -0.3 is 24.5 Å². The molecule has 1 amide bonds. The molecule has 0 aromatic heterocycles. The van der Waals surface area contributed by atoms with Crippen LogP contribution >= 0.6 is 0 Å². The van der Waals surface area contributed by atoms with Crippen molar-refractivity contribution >= 4 is 22.5 Å². The summed E-state index contributed by atoms with van der Waals surface area (Å²) in [4.78, 5) is 17.5. The Balaban J connectivity index is 5.12. The van der Waals surface area contributed by atoms with E-state index in [0.29, 0.717) is 6.54 Å². The number of nitrogens with one attached hydrogen (secondary N) is 1. The molecule has 0 spiro atoms. The minimum absolute atomic E-state index is 0.0770. The van der Waals surface area contributed by atoms with Crippen LogP contribution in [0.15, 0.2) is 12.7 Å². The molecule has 0 bridgehead atoms. The van der Waals surface area contributed by atoms with Gasteiger partial charge in [0.1, 0.15) is 8.24 Å². The van der Waals surface area contributed by atoms with E-state index in [1.165, 1.54) is 18.9 Å². The van der Waals surface area contributed by atoms with Crippen molar-refractivity contribution in [2.45, 2.75) is 103 Å². The number of rotatable bonds is 17. The van der Waals surface area contributed by atoms with Gasteiger partial charge in [-0.15, -0.1) is 0 Å². The first-order chi connectivity index (χ1) is 14.3. The molecule has 0 saturated heterocycles. The number of hydrogen-bond donors (Lipinski definition) is 3. The van der Waals surface area contributed by atoms with E-state index < -0.39 is 22.7 Å². The summed E-state index contributed by atoms with van der Waals surface area (Å²) in [6, 6.07) is 0. The van der Waals surface area contributed by atoms with Gasteiger partial charge in [-0.25, -0.2) is 0 Å². The summed E-state index contributed by atoms with van der Waals surface area (Å²) in [5, 5.41) is 19.0. The predicted molar refractivity (Wildman–Crippen MR) is 136 cm³/mol. The average Bonchev–Trinajstić information content (AvgIpc) is 2.71. The minimum Gasteiger partial charge on any atom is -0.416 e. The number of aliphatic hydroxyl groups excluding tert-OH is 2. The lowest BCUT2D eigenvalue weighted by atomic mass is 10.0. The number of nitrogens with zero attached hydrogens (tertiary/aromatic N) is 1. The van der Waals surface area contributed by atoms with Crippen LogP contribution in [-0.4, -0.2) is 75.6 Å². The minimum atomic E-state index is -2.04. The van der Waals surface area contributed by atoms with Gasteiger partial charge in [-0.05, 0) is 56.9 Å². The highest BCUT2D eigenvalue weighted by Crippen LogP contribution is 2.46. The van der Waals surface area contributed by atoms with Crippen molar-refractivity contribution in [3.63, 3.8) is 0 Å². The van der Waals surface area contributed by atoms with Crippen LogP contribution in [0.2, 0.25) is 31.2 Å². The first kappa shape index (κ1) is 30.5. The maximum absolute atomic E-state index is 12.1. The fraction of sp³-hybridized carbons (Fsp3) is 0.870. The fourth-order valence-corrected chi connectivity index (χ4v) is 9.73. The van der Waals surface area contributed by atoms with Crippen LogP contribution in [0.4, 0.5) is 0 Å². The van der Waals surface area contributed by atoms with E-state index in [4.69, 9.17) is 9.53 Å². The number of hydrogen-bond acceptors (Lipinski definition) is 5. The summed E-state index contributed by atoms with van der Waals surface area (Å²) in [6.45, 7) is 23.3. The summed E-state index contributed by atoms with van der Waals surface area (Å²) in [6.07, 6.45) is 5.54. The van der Waals surface area contributed by atoms with E-state index in [9.17, 15) is 9.90 Å². The Morgan fingerprint density at radius 3 is 2.35 bits per heavy atom. The monoisotopic (exact) mass is 474 g/mol. The second-order valence-electron chi connectivity index (χ2n) is 10.1. The van der Waals surface area contributed by atoms with Crippen LogP contribution in [0, 0.1) is 0 Å². The third kappa shape index (κ3) is 9.88. The van der Waals surface area contributed by atoms with E-state index in [0.717, 1.165) is 25.8 Å². The Bertz CT molecular complexity index is 546. The number of aliphatic hydroxyl groups is 2. The van der Waals surface area contributed by atoms with Gasteiger partial charge in [0.25, 0.3) is 0 Å². The molecular formula is C23H50N2O4Si2. The molecule has 8 heteroatoms. The molecule has 184 valence electrons. The third-order valence-electron chi connectivity index (χ3n) is 7.12. The smallest absolute Gasteiger partial charge is 0.246 e. The Morgan fingerprint density at radius 1 is 1.26 bits per heavy atom. The maximum atomic E-state index is 12.1. The average molecular weight is 475 g/mol. The molecule has 3 unspecified atom stereocenters. The molecule has 6 nitrogen and oxygen atoms in total. The van der Waals surface area contributed by atoms with Crippen molar-refractivity contribution in [2.24, 2.45) is 0 Å². The van der Waals surface area contributed by atoms with E-state index in [-0.39, 0.29) is 29.8 Å². The second-order valence-corrected chi connectivity index (χ2v) is 19.2. The fourth-order valence-electron chi connectivity index (χ4n) is 3.76. The van der Waals surface area contributed by atoms with Gasteiger partial charge >= 0.3 is 0 Å². The molecular weight excluding hydrogens is 424 g/mol. The van der Waals surface area contributed by atoms with Gasteiger partial charge in [0.2, 0.25) is 5.91 Å². The quantitative estimate of drug-likeness (QED) is 0.168. The van der Waals surface area contributed by atoms with Gasteiger partial charge in [0, 0.05) is 18.8 Å². The number of carbonyl (C=O) groups is 1. The largest absolute Gasteiger partial charge is 0.416 e. The molecule has 0 saturated carbocycles. The topological polar surface area (TPSA) is 82.0 Å². The lowest BCUT2D eigenvalue weighted by molar-refractivity contribution is -0.127. The van der Waals surface area contributed by atoms with Crippen LogP contribution in [-0.2, 0) is 9.22 Å². The van der Waals surface area contributed by atoms with Crippen molar-refractivity contribution in [2.75, 3.05) is 26.2 Å². The van der Waals surface area contributed by atoms with Gasteiger partial charge in [0.15, 0.2) is 8.32 Å². The van der Waals surface area contributed by atoms with E-state index in [2.05, 4.69) is 65.4 Å². The molecule has 31 heavy (non-hydrogen) atoms. The molecule has 0 aromatic carbocycles. The number of amides is 1. The molecule has 0 aliphatic rings. The molecule has 0 radical (unpaired) electrons. The number of unbranched alkanes of at least 4 members (excludes halogenated alkanes) is 1. The standard InChI is InChI=1S/C23H50N2O4Si2/c1-10-13-16-24-30(6,7)20(4)29-31(8,9)23(5,12-3)15-14-17-25(22(28)11-2)18-21(27)19-26/h11,20-21,24,26-27H,2,10,12-19H2,1,3-9H3. The lowest BCUT2D eigenvalue weighted by Gasteiger charge is -2.46. The molecule has 3 atom stereocenters. The molecule has 0 heterocycles. The van der Waals surface area contributed by atoms with Gasteiger partial charge in [-0.3, -0.25) is 4.79 Å². The van der Waals surface area contributed by atoms with Crippen LogP contribution in [0.1, 0.15) is 59.8 Å². The molecule has 3 N–H and O–H groups in total. The zero-order chi connectivity index (χ0) is 24.3. The molecule has 0 aliphatic heterocycles. The summed E-state index contributed by atoms with van der Waals surface area (Å²) in [5.41, 5.74) is 0.232. The Morgan fingerprint density at radius 2 is 1.87 bits per heavy atom. The van der Waals surface area contributed by atoms with E-state index in [1.54, 1.807) is 4.90 Å². The van der Waals surface area contributed by atoms with Crippen molar-refractivity contribution in [3.05, 3.63) is 12.7 Å². The Labute approximate surface area is 193 Å². The zero-order valence-electron chi connectivity index (χ0n) is 21.5. The first-order valence-electron chi connectivity index (χ1n) is 11.9. The van der Waals surface area contributed by atoms with Crippen molar-refractivity contribution < 1.29 is 19.4 Å². The molecule has 0 rings (SSSR count). The summed E-state index contributed by atoms with van der Waals surface area (Å²) in [5.74, 6) is -0.210. The Hall–Kier alpha value is -0.516.